The minimum atomic E-state index is -3.42. The fourth-order valence-electron chi connectivity index (χ4n) is 3.01. The van der Waals surface area contributed by atoms with E-state index in [1.54, 1.807) is 4.31 Å². The first-order valence-corrected chi connectivity index (χ1v) is 8.13. The molecule has 3 rings (SSSR count). The normalized spacial score (nSPS) is 26.8. The molecule has 6 nitrogen and oxygen atoms in total. The standard InChI is InChI=1S/C12H18N4O2S/c1-2-13-12-14-6-11(7-15-12)19(17,18)16-8-9-3-4-10(16)5-9/h6-7,9-10H,2-5,8H2,1H3,(H,13,14,15). The Morgan fingerprint density at radius 1 is 1.37 bits per heavy atom. The molecule has 7 heteroatoms. The molecule has 2 bridgehead atoms. The van der Waals surface area contributed by atoms with Gasteiger partial charge in [-0.25, -0.2) is 18.4 Å². The van der Waals surface area contributed by atoms with Crippen molar-refractivity contribution < 1.29 is 8.42 Å². The van der Waals surface area contributed by atoms with Crippen LogP contribution in [-0.4, -0.2) is 41.8 Å². The first kappa shape index (κ1) is 12.8. The molecular formula is C12H18N4O2S. The van der Waals surface area contributed by atoms with Crippen molar-refractivity contribution in [2.24, 2.45) is 5.92 Å². The summed E-state index contributed by atoms with van der Waals surface area (Å²) >= 11 is 0. The van der Waals surface area contributed by atoms with Crippen LogP contribution in [0.15, 0.2) is 17.3 Å². The first-order valence-electron chi connectivity index (χ1n) is 6.69. The summed E-state index contributed by atoms with van der Waals surface area (Å²) in [5.74, 6) is 1.01. The molecule has 1 aliphatic heterocycles. The van der Waals surface area contributed by atoms with Gasteiger partial charge in [-0.05, 0) is 32.1 Å². The smallest absolute Gasteiger partial charge is 0.246 e. The highest BCUT2D eigenvalue weighted by molar-refractivity contribution is 7.89. The molecule has 2 atom stereocenters. The van der Waals surface area contributed by atoms with Crippen molar-refractivity contribution in [1.82, 2.24) is 14.3 Å². The van der Waals surface area contributed by atoms with Crippen molar-refractivity contribution in [2.75, 3.05) is 18.4 Å². The van der Waals surface area contributed by atoms with E-state index in [4.69, 9.17) is 0 Å². The Hall–Kier alpha value is -1.21. The zero-order valence-electron chi connectivity index (χ0n) is 10.9. The van der Waals surface area contributed by atoms with Gasteiger partial charge in [-0.3, -0.25) is 0 Å². The van der Waals surface area contributed by atoms with Crippen molar-refractivity contribution in [3.63, 3.8) is 0 Å². The van der Waals surface area contributed by atoms with E-state index in [-0.39, 0.29) is 10.9 Å². The molecule has 1 saturated heterocycles. The van der Waals surface area contributed by atoms with Crippen molar-refractivity contribution in [3.8, 4) is 0 Å². The molecule has 1 aliphatic carbocycles. The highest BCUT2D eigenvalue weighted by atomic mass is 32.2. The Kier molecular flexibility index (Phi) is 3.18. The molecule has 104 valence electrons. The molecule has 2 heterocycles. The van der Waals surface area contributed by atoms with Crippen LogP contribution < -0.4 is 5.32 Å². The highest BCUT2D eigenvalue weighted by Gasteiger charge is 2.44. The van der Waals surface area contributed by atoms with Crippen LogP contribution in [0, 0.1) is 5.92 Å². The molecule has 1 saturated carbocycles. The average Bonchev–Trinajstić information content (AvgIpc) is 3.02. The highest BCUT2D eigenvalue weighted by Crippen LogP contribution is 2.40. The third kappa shape index (κ3) is 2.21. The molecule has 0 aromatic carbocycles. The topological polar surface area (TPSA) is 75.2 Å². The molecule has 19 heavy (non-hydrogen) atoms. The lowest BCUT2D eigenvalue weighted by Gasteiger charge is -2.25. The lowest BCUT2D eigenvalue weighted by atomic mass is 10.1. The second-order valence-corrected chi connectivity index (χ2v) is 7.07. The fourth-order valence-corrected chi connectivity index (χ4v) is 4.64. The number of aromatic nitrogens is 2. The third-order valence-corrected chi connectivity index (χ3v) is 5.80. The monoisotopic (exact) mass is 282 g/mol. The molecular weight excluding hydrogens is 264 g/mol. The van der Waals surface area contributed by atoms with Gasteiger partial charge in [-0.1, -0.05) is 0 Å². The van der Waals surface area contributed by atoms with Gasteiger partial charge in [0.2, 0.25) is 16.0 Å². The van der Waals surface area contributed by atoms with Gasteiger partial charge in [-0.2, -0.15) is 4.31 Å². The minimum absolute atomic E-state index is 0.184. The molecule has 2 unspecified atom stereocenters. The van der Waals surface area contributed by atoms with E-state index in [0.29, 0.717) is 25.0 Å². The summed E-state index contributed by atoms with van der Waals surface area (Å²) in [7, 11) is -3.42. The number of nitrogens with one attached hydrogen (secondary N) is 1. The summed E-state index contributed by atoms with van der Waals surface area (Å²) in [6.45, 7) is 3.30. The second kappa shape index (κ2) is 4.72. The first-order chi connectivity index (χ1) is 9.11. The zero-order chi connectivity index (χ0) is 13.5. The number of piperidine rings is 1. The lowest BCUT2D eigenvalue weighted by Crippen LogP contribution is -2.37. The van der Waals surface area contributed by atoms with Crippen LogP contribution in [0.1, 0.15) is 26.2 Å². The Balaban J connectivity index is 1.84. The maximum absolute atomic E-state index is 12.5. The Labute approximate surface area is 113 Å². The van der Waals surface area contributed by atoms with Crippen LogP contribution in [0.5, 0.6) is 0 Å². The molecule has 1 N–H and O–H groups in total. The predicted molar refractivity (Wildman–Crippen MR) is 71.2 cm³/mol. The average molecular weight is 282 g/mol. The van der Waals surface area contributed by atoms with Gasteiger partial charge in [-0.15, -0.1) is 0 Å². The molecule has 2 fully saturated rings. The van der Waals surface area contributed by atoms with Crippen LogP contribution in [0.2, 0.25) is 0 Å². The van der Waals surface area contributed by atoms with Crippen LogP contribution in [0.3, 0.4) is 0 Å². The van der Waals surface area contributed by atoms with Crippen molar-refractivity contribution >= 4 is 16.0 Å². The number of hydrogen-bond donors (Lipinski definition) is 1. The Morgan fingerprint density at radius 3 is 2.63 bits per heavy atom. The second-order valence-electron chi connectivity index (χ2n) is 5.18. The van der Waals surface area contributed by atoms with Gasteiger partial charge in [0.05, 0.1) is 12.4 Å². The van der Waals surface area contributed by atoms with Crippen LogP contribution in [0.25, 0.3) is 0 Å². The van der Waals surface area contributed by atoms with E-state index in [1.807, 2.05) is 6.92 Å². The van der Waals surface area contributed by atoms with E-state index in [2.05, 4.69) is 15.3 Å². The number of hydrogen-bond acceptors (Lipinski definition) is 5. The SMILES string of the molecule is CCNc1ncc(S(=O)(=O)N2CC3CCC2C3)cn1. The summed E-state index contributed by atoms with van der Waals surface area (Å²) in [5.41, 5.74) is 0. The quantitative estimate of drug-likeness (QED) is 0.894. The molecule has 0 radical (unpaired) electrons. The number of sulfonamides is 1. The Bertz CT molecular complexity index is 558. The molecule has 1 aromatic heterocycles. The van der Waals surface area contributed by atoms with E-state index in [0.717, 1.165) is 19.3 Å². The van der Waals surface area contributed by atoms with Gasteiger partial charge < -0.3 is 5.32 Å². The summed E-state index contributed by atoms with van der Waals surface area (Å²) in [4.78, 5) is 8.28. The summed E-state index contributed by atoms with van der Waals surface area (Å²) in [6.07, 6.45) is 5.95. The molecule has 0 amide bonds. The molecule has 0 spiro atoms. The van der Waals surface area contributed by atoms with Crippen molar-refractivity contribution in [1.29, 1.82) is 0 Å². The zero-order valence-corrected chi connectivity index (χ0v) is 11.7. The van der Waals surface area contributed by atoms with E-state index in [1.165, 1.54) is 12.4 Å². The maximum atomic E-state index is 12.5. The van der Waals surface area contributed by atoms with Gasteiger partial charge in [0.1, 0.15) is 4.90 Å². The maximum Gasteiger partial charge on any atom is 0.246 e. The lowest BCUT2D eigenvalue weighted by molar-refractivity contribution is 0.333. The summed E-state index contributed by atoms with van der Waals surface area (Å²) in [5, 5.41) is 2.95. The van der Waals surface area contributed by atoms with Crippen LogP contribution in [0.4, 0.5) is 5.95 Å². The van der Waals surface area contributed by atoms with Crippen LogP contribution in [-0.2, 0) is 10.0 Å². The minimum Gasteiger partial charge on any atom is -0.355 e. The summed E-state index contributed by atoms with van der Waals surface area (Å²) in [6, 6.07) is 0.184. The number of nitrogens with zero attached hydrogens (tertiary/aromatic N) is 3. The van der Waals surface area contributed by atoms with Gasteiger partial charge in [0.15, 0.2) is 0 Å². The fraction of sp³-hybridized carbons (Fsp3) is 0.667. The number of rotatable bonds is 4. The van der Waals surface area contributed by atoms with Crippen molar-refractivity contribution in [2.45, 2.75) is 37.1 Å². The molecule has 1 aromatic rings. The van der Waals surface area contributed by atoms with Crippen LogP contribution >= 0.6 is 0 Å². The van der Waals surface area contributed by atoms with E-state index in [9.17, 15) is 8.42 Å². The largest absolute Gasteiger partial charge is 0.355 e. The van der Waals surface area contributed by atoms with Gasteiger partial charge in [0.25, 0.3) is 0 Å². The third-order valence-electron chi connectivity index (χ3n) is 3.93. The molecule has 2 aliphatic rings. The van der Waals surface area contributed by atoms with Gasteiger partial charge >= 0.3 is 0 Å². The van der Waals surface area contributed by atoms with E-state index >= 15 is 0 Å². The van der Waals surface area contributed by atoms with Gasteiger partial charge in [0, 0.05) is 19.1 Å². The number of anilines is 1. The Morgan fingerprint density at radius 2 is 2.11 bits per heavy atom. The predicted octanol–water partition coefficient (Wildman–Crippen LogP) is 1.08. The number of fused-ring (bicyclic) bond motifs is 2. The van der Waals surface area contributed by atoms with Crippen molar-refractivity contribution in [3.05, 3.63) is 12.4 Å². The van der Waals surface area contributed by atoms with E-state index < -0.39 is 10.0 Å². The summed E-state index contributed by atoms with van der Waals surface area (Å²) < 4.78 is 26.7.